The molecule has 1 aliphatic heterocycles. The molecule has 0 bridgehead atoms. The van der Waals surface area contributed by atoms with Gasteiger partial charge in [0.25, 0.3) is 5.91 Å². The number of nitrogens with zero attached hydrogens (tertiary/aromatic N) is 1. The largest absolute Gasteiger partial charge is 0.483 e. The lowest BCUT2D eigenvalue weighted by molar-refractivity contribution is -0.122. The molecule has 1 aromatic rings. The van der Waals surface area contributed by atoms with E-state index in [9.17, 15) is 4.79 Å². The number of hydrogen-bond acceptors (Lipinski definition) is 5. The van der Waals surface area contributed by atoms with Crippen molar-refractivity contribution in [2.24, 2.45) is 0 Å². The minimum atomic E-state index is -0.136. The second kappa shape index (κ2) is 9.50. The normalized spacial score (nSPS) is 18.6. The number of rotatable bonds is 8. The molecule has 0 aliphatic carbocycles. The van der Waals surface area contributed by atoms with Gasteiger partial charge < -0.3 is 20.1 Å². The molecule has 2 N–H and O–H groups in total. The average Bonchev–Trinajstić information content (AvgIpc) is 2.60. The Morgan fingerprint density at radius 1 is 1.43 bits per heavy atom. The van der Waals surface area contributed by atoms with Gasteiger partial charge in [0.2, 0.25) is 0 Å². The minimum absolute atomic E-state index is 0.0324. The van der Waals surface area contributed by atoms with Gasteiger partial charge in [0, 0.05) is 38.8 Å². The summed E-state index contributed by atoms with van der Waals surface area (Å²) < 4.78 is 11.4. The Hall–Kier alpha value is -1.63. The highest BCUT2D eigenvalue weighted by atomic mass is 16.5. The second-order valence-electron chi connectivity index (χ2n) is 5.59. The third kappa shape index (κ3) is 5.82. The minimum Gasteiger partial charge on any atom is -0.483 e. The highest BCUT2D eigenvalue weighted by Crippen LogP contribution is 2.17. The van der Waals surface area contributed by atoms with E-state index in [1.807, 2.05) is 24.3 Å². The molecule has 1 saturated heterocycles. The number of likely N-dealkylation sites (N-methyl/N-ethyl adjacent to an activating group) is 2. The van der Waals surface area contributed by atoms with Crippen molar-refractivity contribution in [1.29, 1.82) is 0 Å². The van der Waals surface area contributed by atoms with Gasteiger partial charge in [-0.2, -0.15) is 0 Å². The van der Waals surface area contributed by atoms with Gasteiger partial charge >= 0.3 is 0 Å². The summed E-state index contributed by atoms with van der Waals surface area (Å²) in [5, 5.41) is 5.98. The van der Waals surface area contributed by atoms with Gasteiger partial charge in [0.05, 0.1) is 12.7 Å². The van der Waals surface area contributed by atoms with Crippen LogP contribution in [0.15, 0.2) is 24.3 Å². The van der Waals surface area contributed by atoms with Gasteiger partial charge in [-0.3, -0.25) is 9.69 Å². The number of nitrogens with one attached hydrogen (secondary N) is 2. The summed E-state index contributed by atoms with van der Waals surface area (Å²) >= 11 is 0. The first kappa shape index (κ1) is 17.7. The Morgan fingerprint density at radius 3 is 3.04 bits per heavy atom. The number of ether oxygens (including phenoxy) is 2. The molecule has 1 fully saturated rings. The Kier molecular flexibility index (Phi) is 7.32. The van der Waals surface area contributed by atoms with Crippen molar-refractivity contribution in [1.82, 2.24) is 15.5 Å². The summed E-state index contributed by atoms with van der Waals surface area (Å²) in [6.45, 7) is 7.56. The lowest BCUT2D eigenvalue weighted by Crippen LogP contribution is -2.46. The van der Waals surface area contributed by atoms with E-state index in [-0.39, 0.29) is 18.6 Å². The lowest BCUT2D eigenvalue weighted by Gasteiger charge is -2.32. The molecule has 1 atom stereocenters. The molecule has 0 radical (unpaired) electrons. The van der Waals surface area contributed by atoms with Crippen LogP contribution in [0.25, 0.3) is 0 Å². The van der Waals surface area contributed by atoms with E-state index in [1.165, 1.54) is 0 Å². The predicted octanol–water partition coefficient (Wildman–Crippen LogP) is 0.622. The van der Waals surface area contributed by atoms with E-state index < -0.39 is 0 Å². The van der Waals surface area contributed by atoms with Gasteiger partial charge in [-0.25, -0.2) is 0 Å². The van der Waals surface area contributed by atoms with E-state index >= 15 is 0 Å². The van der Waals surface area contributed by atoms with Crippen LogP contribution in [-0.2, 0) is 16.1 Å². The van der Waals surface area contributed by atoms with Crippen LogP contribution in [0.3, 0.4) is 0 Å². The number of carbonyl (C=O) groups is 1. The topological polar surface area (TPSA) is 62.8 Å². The van der Waals surface area contributed by atoms with Crippen molar-refractivity contribution in [3.8, 4) is 5.75 Å². The highest BCUT2D eigenvalue weighted by Gasteiger charge is 2.18. The van der Waals surface area contributed by atoms with Crippen LogP contribution in [-0.4, -0.2) is 63.4 Å². The van der Waals surface area contributed by atoms with E-state index in [2.05, 4.69) is 22.5 Å². The molecule has 0 unspecified atom stereocenters. The molecule has 1 aromatic carbocycles. The van der Waals surface area contributed by atoms with Crippen LogP contribution in [0.5, 0.6) is 5.75 Å². The van der Waals surface area contributed by atoms with Crippen molar-refractivity contribution >= 4 is 5.91 Å². The zero-order chi connectivity index (χ0) is 16.5. The first-order valence-electron chi connectivity index (χ1n) is 8.19. The Balaban J connectivity index is 1.79. The van der Waals surface area contributed by atoms with Crippen LogP contribution in [0.4, 0.5) is 0 Å². The highest BCUT2D eigenvalue weighted by molar-refractivity contribution is 5.77. The first-order valence-corrected chi connectivity index (χ1v) is 8.19. The Bertz CT molecular complexity index is 496. The monoisotopic (exact) mass is 321 g/mol. The summed E-state index contributed by atoms with van der Waals surface area (Å²) in [4.78, 5) is 13.7. The van der Waals surface area contributed by atoms with Gasteiger partial charge in [0.15, 0.2) is 6.61 Å². The molecule has 0 aromatic heterocycles. The Labute approximate surface area is 138 Å². The van der Waals surface area contributed by atoms with Crippen molar-refractivity contribution < 1.29 is 14.3 Å². The molecule has 1 amide bonds. The zero-order valence-corrected chi connectivity index (χ0v) is 14.0. The van der Waals surface area contributed by atoms with Gasteiger partial charge in [-0.1, -0.05) is 25.1 Å². The van der Waals surface area contributed by atoms with Crippen molar-refractivity contribution in [2.45, 2.75) is 19.6 Å². The molecule has 128 valence electrons. The van der Waals surface area contributed by atoms with E-state index in [0.717, 1.165) is 44.1 Å². The van der Waals surface area contributed by atoms with Crippen LogP contribution in [0.2, 0.25) is 0 Å². The SMILES string of the molecule is CCN1CCO[C@@H](CNCc2ccccc2OCC(=O)NC)C1. The third-order valence-corrected chi connectivity index (χ3v) is 3.97. The molecule has 1 heterocycles. The molecule has 6 nitrogen and oxygen atoms in total. The predicted molar refractivity (Wildman–Crippen MR) is 89.6 cm³/mol. The number of para-hydroxylation sites is 1. The first-order chi connectivity index (χ1) is 11.2. The number of benzene rings is 1. The quantitative estimate of drug-likeness (QED) is 0.735. The summed E-state index contributed by atoms with van der Waals surface area (Å²) in [6.07, 6.45) is 0.225. The number of amides is 1. The van der Waals surface area contributed by atoms with Gasteiger partial charge in [-0.15, -0.1) is 0 Å². The average molecular weight is 321 g/mol. The maximum atomic E-state index is 11.3. The molecule has 0 saturated carbocycles. The van der Waals surface area contributed by atoms with Crippen LogP contribution in [0.1, 0.15) is 12.5 Å². The molecule has 1 aliphatic rings. The zero-order valence-electron chi connectivity index (χ0n) is 14.0. The fraction of sp³-hybridized carbons (Fsp3) is 0.588. The van der Waals surface area contributed by atoms with Gasteiger partial charge in [-0.05, 0) is 12.6 Å². The molecule has 0 spiro atoms. The summed E-state index contributed by atoms with van der Waals surface area (Å²) in [6, 6.07) is 7.77. The molecular formula is C17H27N3O3. The standard InChI is InChI=1S/C17H27N3O3/c1-3-20-8-9-22-15(12-20)11-19-10-14-6-4-5-7-16(14)23-13-17(21)18-2/h4-7,15,19H,3,8-13H2,1-2H3,(H,18,21)/t15-/m0/s1. The van der Waals surface area contributed by atoms with E-state index in [0.29, 0.717) is 6.54 Å². The third-order valence-electron chi connectivity index (χ3n) is 3.97. The van der Waals surface area contributed by atoms with Crippen LogP contribution in [0, 0.1) is 0 Å². The summed E-state index contributed by atoms with van der Waals surface area (Å²) in [5.74, 6) is 0.603. The van der Waals surface area contributed by atoms with E-state index in [1.54, 1.807) is 7.05 Å². The van der Waals surface area contributed by atoms with Crippen molar-refractivity contribution in [3.63, 3.8) is 0 Å². The van der Waals surface area contributed by atoms with Crippen LogP contribution >= 0.6 is 0 Å². The fourth-order valence-electron chi connectivity index (χ4n) is 2.57. The van der Waals surface area contributed by atoms with Crippen molar-refractivity contribution in [2.75, 3.05) is 46.4 Å². The maximum absolute atomic E-state index is 11.3. The Morgan fingerprint density at radius 2 is 2.26 bits per heavy atom. The molecule has 2 rings (SSSR count). The maximum Gasteiger partial charge on any atom is 0.257 e. The van der Waals surface area contributed by atoms with Crippen molar-refractivity contribution in [3.05, 3.63) is 29.8 Å². The molecular weight excluding hydrogens is 294 g/mol. The van der Waals surface area contributed by atoms with E-state index in [4.69, 9.17) is 9.47 Å². The van der Waals surface area contributed by atoms with Gasteiger partial charge in [0.1, 0.15) is 5.75 Å². The molecule has 23 heavy (non-hydrogen) atoms. The summed E-state index contributed by atoms with van der Waals surface area (Å²) in [7, 11) is 1.60. The number of morpholine rings is 1. The smallest absolute Gasteiger partial charge is 0.257 e. The second-order valence-corrected chi connectivity index (χ2v) is 5.59. The number of hydrogen-bond donors (Lipinski definition) is 2. The summed E-state index contributed by atoms with van der Waals surface area (Å²) in [5.41, 5.74) is 1.04. The number of carbonyl (C=O) groups excluding carboxylic acids is 1. The van der Waals surface area contributed by atoms with Crippen LogP contribution < -0.4 is 15.4 Å². The fourth-order valence-corrected chi connectivity index (χ4v) is 2.57. The lowest BCUT2D eigenvalue weighted by atomic mass is 10.2. The molecule has 6 heteroatoms.